The summed E-state index contributed by atoms with van der Waals surface area (Å²) >= 11 is 1.54. The van der Waals surface area contributed by atoms with Crippen LogP contribution < -0.4 is 0 Å². The molecule has 1 amide bonds. The molecule has 1 aliphatic heterocycles. The van der Waals surface area contributed by atoms with Gasteiger partial charge in [0.15, 0.2) is 5.16 Å². The molecule has 1 aromatic heterocycles. The van der Waals surface area contributed by atoms with Gasteiger partial charge in [0, 0.05) is 25.4 Å². The molecule has 1 atom stereocenters. The summed E-state index contributed by atoms with van der Waals surface area (Å²) in [7, 11) is 0. The van der Waals surface area contributed by atoms with Gasteiger partial charge in [-0.1, -0.05) is 72.4 Å². The molecule has 0 N–H and O–H groups in total. The van der Waals surface area contributed by atoms with Crippen molar-refractivity contribution in [1.82, 2.24) is 14.5 Å². The Labute approximate surface area is 201 Å². The van der Waals surface area contributed by atoms with E-state index in [9.17, 15) is 4.79 Å². The van der Waals surface area contributed by atoms with Gasteiger partial charge in [0.1, 0.15) is 0 Å². The Kier molecular flexibility index (Phi) is 8.24. The maximum Gasteiger partial charge on any atom is 0.233 e. The van der Waals surface area contributed by atoms with Crippen molar-refractivity contribution >= 4 is 17.7 Å². The Morgan fingerprint density at radius 2 is 1.79 bits per heavy atom. The molecule has 1 aliphatic rings. The number of hydrogen-bond acceptors (Lipinski definition) is 4. The summed E-state index contributed by atoms with van der Waals surface area (Å²) < 4.78 is 8.08. The monoisotopic (exact) mass is 463 g/mol. The van der Waals surface area contributed by atoms with Crippen molar-refractivity contribution in [3.05, 3.63) is 83.2 Å². The first kappa shape index (κ1) is 23.6. The third kappa shape index (κ3) is 6.49. The van der Waals surface area contributed by atoms with Crippen molar-refractivity contribution in [2.75, 3.05) is 18.9 Å². The molecule has 4 rings (SSSR count). The molecule has 0 bridgehead atoms. The van der Waals surface area contributed by atoms with Crippen LogP contribution in [0.2, 0.25) is 0 Å². The van der Waals surface area contributed by atoms with Crippen molar-refractivity contribution in [3.63, 3.8) is 0 Å². The highest BCUT2D eigenvalue weighted by Gasteiger charge is 2.22. The number of ether oxygens (including phenoxy) is 1. The molecular weight excluding hydrogens is 430 g/mol. The first-order chi connectivity index (χ1) is 16.1. The summed E-state index contributed by atoms with van der Waals surface area (Å²) in [5.41, 5.74) is 4.57. The minimum atomic E-state index is 0.141. The second kappa shape index (κ2) is 11.5. The van der Waals surface area contributed by atoms with Crippen molar-refractivity contribution in [2.24, 2.45) is 0 Å². The molecular formula is C27H33N3O2S. The number of carbonyl (C=O) groups excluding carboxylic acids is 1. The van der Waals surface area contributed by atoms with Gasteiger partial charge in [0.25, 0.3) is 0 Å². The summed E-state index contributed by atoms with van der Waals surface area (Å²) in [5.74, 6) is 0.519. The minimum Gasteiger partial charge on any atom is -0.376 e. The molecule has 1 saturated heterocycles. The largest absolute Gasteiger partial charge is 0.376 e. The number of aromatic nitrogens is 2. The van der Waals surface area contributed by atoms with Crippen LogP contribution in [0.15, 0.2) is 65.8 Å². The zero-order chi connectivity index (χ0) is 23.0. The minimum absolute atomic E-state index is 0.141. The van der Waals surface area contributed by atoms with Crippen molar-refractivity contribution < 1.29 is 9.53 Å². The van der Waals surface area contributed by atoms with E-state index in [0.717, 1.165) is 54.5 Å². The quantitative estimate of drug-likeness (QED) is 0.395. The molecule has 33 heavy (non-hydrogen) atoms. The van der Waals surface area contributed by atoms with Gasteiger partial charge >= 0.3 is 0 Å². The van der Waals surface area contributed by atoms with E-state index in [2.05, 4.69) is 35.8 Å². The molecule has 1 fully saturated rings. The lowest BCUT2D eigenvalue weighted by atomic mass is 10.1. The third-order valence-corrected chi connectivity index (χ3v) is 7.20. The van der Waals surface area contributed by atoms with Gasteiger partial charge in [-0.05, 0) is 44.2 Å². The zero-order valence-electron chi connectivity index (χ0n) is 19.6. The number of rotatable bonds is 10. The second-order valence-electron chi connectivity index (χ2n) is 8.64. The van der Waals surface area contributed by atoms with Gasteiger partial charge in [0.2, 0.25) is 5.91 Å². The number of imidazole rings is 1. The standard InChI is InChI=1S/C27H33N3O2S/c1-21-22(2)30(19-25-14-9-17-32-25)27(28-21)33-20-26(31)29(18-24-12-7-4-8-13-24)16-15-23-10-5-3-6-11-23/h3-8,10-13,25H,9,14-20H2,1-2H3/t25-/m0/s1. The van der Waals surface area contributed by atoms with E-state index in [1.54, 1.807) is 0 Å². The Hall–Kier alpha value is -2.57. The Bertz CT molecular complexity index is 1030. The van der Waals surface area contributed by atoms with Crippen LogP contribution in [0.3, 0.4) is 0 Å². The molecule has 3 aromatic rings. The average molecular weight is 464 g/mol. The predicted octanol–water partition coefficient (Wildman–Crippen LogP) is 5.04. The molecule has 0 aliphatic carbocycles. The maximum absolute atomic E-state index is 13.3. The van der Waals surface area contributed by atoms with Crippen LogP contribution in [0.5, 0.6) is 0 Å². The molecule has 174 valence electrons. The van der Waals surface area contributed by atoms with E-state index in [1.807, 2.05) is 48.2 Å². The molecule has 0 spiro atoms. The van der Waals surface area contributed by atoms with Crippen LogP contribution in [0.4, 0.5) is 0 Å². The van der Waals surface area contributed by atoms with Crippen LogP contribution in [-0.2, 0) is 29.0 Å². The first-order valence-electron chi connectivity index (χ1n) is 11.7. The normalized spacial score (nSPS) is 15.6. The van der Waals surface area contributed by atoms with E-state index in [-0.39, 0.29) is 12.0 Å². The fraction of sp³-hybridized carbons (Fsp3) is 0.407. The number of amides is 1. The third-order valence-electron chi connectivity index (χ3n) is 6.24. The fourth-order valence-corrected chi connectivity index (χ4v) is 5.17. The van der Waals surface area contributed by atoms with Gasteiger partial charge in [0.05, 0.1) is 24.1 Å². The Morgan fingerprint density at radius 3 is 2.45 bits per heavy atom. The topological polar surface area (TPSA) is 47.4 Å². The summed E-state index contributed by atoms with van der Waals surface area (Å²) in [5, 5.41) is 0.913. The van der Waals surface area contributed by atoms with Gasteiger partial charge in [-0.2, -0.15) is 0 Å². The van der Waals surface area contributed by atoms with Gasteiger partial charge in [-0.15, -0.1) is 0 Å². The van der Waals surface area contributed by atoms with E-state index >= 15 is 0 Å². The Balaban J connectivity index is 1.43. The predicted molar refractivity (Wildman–Crippen MR) is 133 cm³/mol. The summed E-state index contributed by atoms with van der Waals surface area (Å²) in [6.45, 7) is 7.11. The number of benzene rings is 2. The fourth-order valence-electron chi connectivity index (χ4n) is 4.16. The van der Waals surface area contributed by atoms with Crippen molar-refractivity contribution in [3.8, 4) is 0 Å². The SMILES string of the molecule is Cc1nc(SCC(=O)N(CCc2ccccc2)Cc2ccccc2)n(C[C@@H]2CCCO2)c1C. The van der Waals surface area contributed by atoms with Crippen LogP contribution in [0, 0.1) is 13.8 Å². The highest BCUT2D eigenvalue weighted by Crippen LogP contribution is 2.25. The highest BCUT2D eigenvalue weighted by atomic mass is 32.2. The summed E-state index contributed by atoms with van der Waals surface area (Å²) in [4.78, 5) is 20.1. The van der Waals surface area contributed by atoms with E-state index in [4.69, 9.17) is 9.72 Å². The van der Waals surface area contributed by atoms with E-state index < -0.39 is 0 Å². The van der Waals surface area contributed by atoms with Gasteiger partial charge in [-0.3, -0.25) is 4.79 Å². The van der Waals surface area contributed by atoms with Gasteiger partial charge in [-0.25, -0.2) is 4.98 Å². The van der Waals surface area contributed by atoms with Crippen LogP contribution >= 0.6 is 11.8 Å². The summed E-state index contributed by atoms with van der Waals surface area (Å²) in [6, 6.07) is 20.6. The van der Waals surface area contributed by atoms with Crippen LogP contribution in [0.1, 0.15) is 35.4 Å². The van der Waals surface area contributed by atoms with Crippen LogP contribution in [0.25, 0.3) is 0 Å². The highest BCUT2D eigenvalue weighted by molar-refractivity contribution is 7.99. The van der Waals surface area contributed by atoms with E-state index in [0.29, 0.717) is 18.8 Å². The van der Waals surface area contributed by atoms with Gasteiger partial charge < -0.3 is 14.2 Å². The zero-order valence-corrected chi connectivity index (χ0v) is 20.4. The van der Waals surface area contributed by atoms with Crippen LogP contribution in [-0.4, -0.2) is 45.4 Å². The summed E-state index contributed by atoms with van der Waals surface area (Å²) in [6.07, 6.45) is 3.29. The lowest BCUT2D eigenvalue weighted by molar-refractivity contribution is -0.128. The number of hydrogen-bond donors (Lipinski definition) is 0. The smallest absolute Gasteiger partial charge is 0.233 e. The molecule has 6 heteroatoms. The number of thioether (sulfide) groups is 1. The number of carbonyl (C=O) groups is 1. The molecule has 0 saturated carbocycles. The second-order valence-corrected chi connectivity index (χ2v) is 9.58. The van der Waals surface area contributed by atoms with Crippen molar-refractivity contribution in [1.29, 1.82) is 0 Å². The number of aryl methyl sites for hydroxylation is 1. The molecule has 0 radical (unpaired) electrons. The van der Waals surface area contributed by atoms with E-state index in [1.165, 1.54) is 17.3 Å². The first-order valence-corrected chi connectivity index (χ1v) is 12.7. The number of nitrogens with zero attached hydrogens (tertiary/aromatic N) is 3. The molecule has 5 nitrogen and oxygen atoms in total. The Morgan fingerprint density at radius 1 is 1.09 bits per heavy atom. The lowest BCUT2D eigenvalue weighted by Crippen LogP contribution is -2.34. The lowest BCUT2D eigenvalue weighted by Gasteiger charge is -2.23. The average Bonchev–Trinajstić information content (AvgIpc) is 3.45. The molecule has 0 unspecified atom stereocenters. The maximum atomic E-state index is 13.3. The molecule has 2 aromatic carbocycles. The van der Waals surface area contributed by atoms with Crippen molar-refractivity contribution in [2.45, 2.75) is 57.5 Å². The molecule has 2 heterocycles.